The van der Waals surface area contributed by atoms with Crippen molar-refractivity contribution in [3.8, 4) is 0 Å². The van der Waals surface area contributed by atoms with E-state index in [0.29, 0.717) is 11.8 Å². The number of para-hydroxylation sites is 1. The van der Waals surface area contributed by atoms with Crippen LogP contribution >= 0.6 is 0 Å². The van der Waals surface area contributed by atoms with Gasteiger partial charge in [-0.2, -0.15) is 0 Å². The molecule has 2 aromatic rings. The van der Waals surface area contributed by atoms with Gasteiger partial charge in [0.2, 0.25) is 0 Å². The topological polar surface area (TPSA) is 24.1 Å². The first-order valence-corrected chi connectivity index (χ1v) is 5.45. The van der Waals surface area contributed by atoms with E-state index in [1.165, 1.54) is 0 Å². The molecule has 0 saturated carbocycles. The molecule has 0 amide bonds. The third kappa shape index (κ3) is 3.03. The van der Waals surface area contributed by atoms with Crippen molar-refractivity contribution in [2.45, 2.75) is 6.54 Å². The number of hydrazine groups is 1. The SMILES string of the molecule is Fc1cc(CNNc2ccccc2)c(F)c(F)c1F. The maximum Gasteiger partial charge on any atom is 0.197 e. The molecule has 2 N–H and O–H groups in total. The fourth-order valence-corrected chi connectivity index (χ4v) is 1.51. The second kappa shape index (κ2) is 5.71. The van der Waals surface area contributed by atoms with Gasteiger partial charge in [0.15, 0.2) is 23.3 Å². The van der Waals surface area contributed by atoms with Gasteiger partial charge in [0.1, 0.15) is 0 Å². The van der Waals surface area contributed by atoms with E-state index in [1.54, 1.807) is 24.3 Å². The molecule has 2 aromatic carbocycles. The van der Waals surface area contributed by atoms with Crippen LogP contribution in [-0.4, -0.2) is 0 Å². The van der Waals surface area contributed by atoms with Crippen molar-refractivity contribution in [1.29, 1.82) is 0 Å². The summed E-state index contributed by atoms with van der Waals surface area (Å²) in [6.07, 6.45) is 0. The van der Waals surface area contributed by atoms with Crippen LogP contribution < -0.4 is 10.9 Å². The summed E-state index contributed by atoms with van der Waals surface area (Å²) in [5.74, 6) is -6.44. The van der Waals surface area contributed by atoms with Crippen LogP contribution in [0.2, 0.25) is 0 Å². The summed E-state index contributed by atoms with van der Waals surface area (Å²) in [5, 5.41) is 0. The molecular weight excluding hydrogens is 260 g/mol. The zero-order valence-corrected chi connectivity index (χ0v) is 9.68. The number of nitrogens with one attached hydrogen (secondary N) is 2. The van der Waals surface area contributed by atoms with Crippen molar-refractivity contribution in [2.24, 2.45) is 0 Å². The number of rotatable bonds is 4. The lowest BCUT2D eigenvalue weighted by atomic mass is 10.2. The van der Waals surface area contributed by atoms with E-state index in [2.05, 4.69) is 10.9 Å². The van der Waals surface area contributed by atoms with Gasteiger partial charge in [-0.1, -0.05) is 18.2 Å². The van der Waals surface area contributed by atoms with Crippen molar-refractivity contribution in [1.82, 2.24) is 5.43 Å². The Labute approximate surface area is 107 Å². The Morgan fingerprint density at radius 3 is 2.21 bits per heavy atom. The summed E-state index contributed by atoms with van der Waals surface area (Å²) < 4.78 is 52.0. The molecule has 0 unspecified atom stereocenters. The lowest BCUT2D eigenvalue weighted by Crippen LogP contribution is -2.22. The molecule has 0 radical (unpaired) electrons. The van der Waals surface area contributed by atoms with Crippen LogP contribution in [0.15, 0.2) is 36.4 Å². The van der Waals surface area contributed by atoms with Crippen molar-refractivity contribution < 1.29 is 17.6 Å². The number of benzene rings is 2. The van der Waals surface area contributed by atoms with E-state index in [1.807, 2.05) is 6.07 Å². The normalized spacial score (nSPS) is 10.5. The highest BCUT2D eigenvalue weighted by Crippen LogP contribution is 2.18. The predicted octanol–water partition coefficient (Wildman–Crippen LogP) is 3.36. The van der Waals surface area contributed by atoms with Crippen LogP contribution in [0.4, 0.5) is 23.2 Å². The van der Waals surface area contributed by atoms with E-state index in [0.717, 1.165) is 0 Å². The molecule has 100 valence electrons. The molecule has 6 heteroatoms. The van der Waals surface area contributed by atoms with Gasteiger partial charge >= 0.3 is 0 Å². The summed E-state index contributed by atoms with van der Waals surface area (Å²) >= 11 is 0. The van der Waals surface area contributed by atoms with E-state index < -0.39 is 23.3 Å². The Kier molecular flexibility index (Phi) is 4.01. The lowest BCUT2D eigenvalue weighted by molar-refractivity contribution is 0.402. The van der Waals surface area contributed by atoms with Crippen LogP contribution in [0.25, 0.3) is 0 Å². The minimum absolute atomic E-state index is 0.200. The van der Waals surface area contributed by atoms with Gasteiger partial charge in [-0.25, -0.2) is 23.0 Å². The molecule has 0 aliphatic carbocycles. The number of anilines is 1. The molecular formula is C13H10F4N2. The first-order chi connectivity index (χ1) is 9.09. The quantitative estimate of drug-likeness (QED) is 0.385. The van der Waals surface area contributed by atoms with Crippen LogP contribution in [0, 0.1) is 23.3 Å². The average Bonchev–Trinajstić information content (AvgIpc) is 2.43. The van der Waals surface area contributed by atoms with Crippen LogP contribution in [0.5, 0.6) is 0 Å². The van der Waals surface area contributed by atoms with Gasteiger partial charge in [0.25, 0.3) is 0 Å². The van der Waals surface area contributed by atoms with Crippen molar-refractivity contribution in [3.63, 3.8) is 0 Å². The van der Waals surface area contributed by atoms with Crippen molar-refractivity contribution in [2.75, 3.05) is 5.43 Å². The van der Waals surface area contributed by atoms with Crippen LogP contribution in [0.3, 0.4) is 0 Å². The van der Waals surface area contributed by atoms with Gasteiger partial charge in [-0.05, 0) is 18.2 Å². The highest BCUT2D eigenvalue weighted by atomic mass is 19.2. The summed E-state index contributed by atoms with van der Waals surface area (Å²) in [6, 6.07) is 9.48. The van der Waals surface area contributed by atoms with E-state index in [4.69, 9.17) is 0 Å². The molecule has 0 atom stereocenters. The molecule has 19 heavy (non-hydrogen) atoms. The number of halogens is 4. The van der Waals surface area contributed by atoms with E-state index in [-0.39, 0.29) is 12.1 Å². The summed E-state index contributed by atoms with van der Waals surface area (Å²) in [7, 11) is 0. The summed E-state index contributed by atoms with van der Waals surface area (Å²) in [6.45, 7) is -0.200. The van der Waals surface area contributed by atoms with E-state index >= 15 is 0 Å². The molecule has 0 saturated heterocycles. The summed E-state index contributed by atoms with van der Waals surface area (Å²) in [5.41, 5.74) is 5.70. The Bertz CT molecular complexity index is 573. The second-order valence-electron chi connectivity index (χ2n) is 3.80. The van der Waals surface area contributed by atoms with Gasteiger partial charge < -0.3 is 5.43 Å². The average molecular weight is 270 g/mol. The Morgan fingerprint density at radius 1 is 0.842 bits per heavy atom. The first kappa shape index (κ1) is 13.4. The maximum atomic E-state index is 13.3. The Balaban J connectivity index is 2.04. The standard InChI is InChI=1S/C13H10F4N2/c14-10-6-8(11(15)13(17)12(10)16)7-18-19-9-4-2-1-3-5-9/h1-6,18-19H,7H2. The van der Waals surface area contributed by atoms with Crippen LogP contribution in [-0.2, 0) is 6.54 Å². The third-order valence-electron chi connectivity index (χ3n) is 2.46. The molecule has 0 fully saturated rings. The van der Waals surface area contributed by atoms with Gasteiger partial charge in [-0.15, -0.1) is 0 Å². The fourth-order valence-electron chi connectivity index (χ4n) is 1.51. The molecule has 0 aliphatic rings. The largest absolute Gasteiger partial charge is 0.321 e. The monoisotopic (exact) mass is 270 g/mol. The molecule has 0 bridgehead atoms. The molecule has 0 aromatic heterocycles. The molecule has 2 rings (SSSR count). The Hall–Kier alpha value is -2.08. The van der Waals surface area contributed by atoms with Crippen molar-refractivity contribution >= 4 is 5.69 Å². The molecule has 2 nitrogen and oxygen atoms in total. The molecule has 0 aliphatic heterocycles. The third-order valence-corrected chi connectivity index (χ3v) is 2.46. The highest BCUT2D eigenvalue weighted by Gasteiger charge is 2.18. The zero-order chi connectivity index (χ0) is 13.8. The Morgan fingerprint density at radius 2 is 1.53 bits per heavy atom. The minimum Gasteiger partial charge on any atom is -0.321 e. The van der Waals surface area contributed by atoms with Gasteiger partial charge in [0, 0.05) is 17.8 Å². The van der Waals surface area contributed by atoms with E-state index in [9.17, 15) is 17.6 Å². The molecule has 0 heterocycles. The predicted molar refractivity (Wildman–Crippen MR) is 63.2 cm³/mol. The maximum absolute atomic E-state index is 13.3. The smallest absolute Gasteiger partial charge is 0.197 e. The summed E-state index contributed by atoms with van der Waals surface area (Å²) in [4.78, 5) is 0. The van der Waals surface area contributed by atoms with Gasteiger partial charge in [-0.3, -0.25) is 0 Å². The second-order valence-corrected chi connectivity index (χ2v) is 3.80. The van der Waals surface area contributed by atoms with Crippen molar-refractivity contribution in [3.05, 3.63) is 65.2 Å². The zero-order valence-electron chi connectivity index (χ0n) is 9.68. The number of hydrogen-bond donors (Lipinski definition) is 2. The van der Waals surface area contributed by atoms with Crippen LogP contribution in [0.1, 0.15) is 5.56 Å². The lowest BCUT2D eigenvalue weighted by Gasteiger charge is -2.10. The first-order valence-electron chi connectivity index (χ1n) is 5.45. The fraction of sp³-hybridized carbons (Fsp3) is 0.0769. The minimum atomic E-state index is -1.81. The molecule has 0 spiro atoms. The van der Waals surface area contributed by atoms with Gasteiger partial charge in [0.05, 0.1) is 0 Å². The number of hydrogen-bond acceptors (Lipinski definition) is 2. The highest BCUT2D eigenvalue weighted by molar-refractivity contribution is 5.41.